The molecule has 0 bridgehead atoms. The van der Waals surface area contributed by atoms with Crippen molar-refractivity contribution in [2.45, 2.75) is 19.6 Å². The molecular weight excluding hydrogens is 204 g/mol. The molecule has 1 atom stereocenters. The largest absolute Gasteiger partial charge is 0.381 e. The molecule has 5 nitrogen and oxygen atoms in total. The van der Waals surface area contributed by atoms with Gasteiger partial charge in [-0.05, 0) is 6.92 Å². The van der Waals surface area contributed by atoms with E-state index in [9.17, 15) is 0 Å². The number of nitrogens with two attached hydrogens (primary N) is 1. The Morgan fingerprint density at radius 1 is 1.86 bits per heavy atom. The molecule has 6 heteroatoms. The number of ether oxygens (including phenoxy) is 1. The molecule has 1 aromatic rings. The Bertz CT molecular complexity index is 324. The van der Waals surface area contributed by atoms with Crippen LogP contribution in [0.25, 0.3) is 0 Å². The van der Waals surface area contributed by atoms with E-state index in [1.54, 1.807) is 17.8 Å². The zero-order valence-corrected chi connectivity index (χ0v) is 8.53. The van der Waals surface area contributed by atoms with Gasteiger partial charge in [0, 0.05) is 6.20 Å². The van der Waals surface area contributed by atoms with Crippen molar-refractivity contribution < 1.29 is 4.74 Å². The molecule has 76 valence electrons. The quantitative estimate of drug-likeness (QED) is 0.813. The second kappa shape index (κ2) is 4.84. The first-order chi connectivity index (χ1) is 6.63. The highest BCUT2D eigenvalue weighted by atomic mass is 35.5. The van der Waals surface area contributed by atoms with E-state index in [1.807, 2.05) is 6.07 Å². The standard InChI is InChI=1S/C8H11ClN4O/c1-6(4-10)14-3-2-13-5-7(9)8(11)12-13/h5-6H,2-3H2,1H3,(H2,11,12). The molecule has 0 aromatic carbocycles. The average molecular weight is 215 g/mol. The zero-order valence-electron chi connectivity index (χ0n) is 7.77. The van der Waals surface area contributed by atoms with Crippen molar-refractivity contribution in [2.24, 2.45) is 0 Å². The van der Waals surface area contributed by atoms with E-state index in [4.69, 9.17) is 27.3 Å². The van der Waals surface area contributed by atoms with Crippen LogP contribution in [0, 0.1) is 11.3 Å². The molecule has 0 aliphatic rings. The van der Waals surface area contributed by atoms with Crippen molar-refractivity contribution in [3.05, 3.63) is 11.2 Å². The molecule has 14 heavy (non-hydrogen) atoms. The number of nitrogen functional groups attached to an aromatic ring is 1. The minimum atomic E-state index is -0.404. The summed E-state index contributed by atoms with van der Waals surface area (Å²) in [6.45, 7) is 2.62. The van der Waals surface area contributed by atoms with Gasteiger partial charge in [-0.3, -0.25) is 4.68 Å². The van der Waals surface area contributed by atoms with E-state index in [0.29, 0.717) is 24.0 Å². The lowest BCUT2D eigenvalue weighted by Crippen LogP contribution is -2.12. The fraction of sp³-hybridized carbons (Fsp3) is 0.500. The summed E-state index contributed by atoms with van der Waals surface area (Å²) in [4.78, 5) is 0. The lowest BCUT2D eigenvalue weighted by molar-refractivity contribution is 0.0932. The number of aromatic nitrogens is 2. The fourth-order valence-electron chi connectivity index (χ4n) is 0.887. The zero-order chi connectivity index (χ0) is 10.6. The van der Waals surface area contributed by atoms with Gasteiger partial charge in [0.05, 0.1) is 19.2 Å². The van der Waals surface area contributed by atoms with Crippen LogP contribution in [0.15, 0.2) is 6.20 Å². The Morgan fingerprint density at radius 3 is 3.07 bits per heavy atom. The van der Waals surface area contributed by atoms with E-state index < -0.39 is 6.10 Å². The minimum absolute atomic E-state index is 0.306. The van der Waals surface area contributed by atoms with Crippen LogP contribution >= 0.6 is 11.6 Å². The van der Waals surface area contributed by atoms with Gasteiger partial charge in [0.1, 0.15) is 11.1 Å². The van der Waals surface area contributed by atoms with Gasteiger partial charge in [-0.25, -0.2) is 0 Å². The third kappa shape index (κ3) is 2.91. The molecule has 0 amide bonds. The van der Waals surface area contributed by atoms with Gasteiger partial charge < -0.3 is 10.5 Å². The Balaban J connectivity index is 2.36. The molecule has 2 N–H and O–H groups in total. The minimum Gasteiger partial charge on any atom is -0.381 e. The SMILES string of the molecule is CC(C#N)OCCn1cc(Cl)c(N)n1. The highest BCUT2D eigenvalue weighted by Gasteiger charge is 2.03. The Labute approximate surface area is 87.0 Å². The fourth-order valence-corrected chi connectivity index (χ4v) is 1.04. The van der Waals surface area contributed by atoms with Gasteiger partial charge in [0.15, 0.2) is 5.82 Å². The number of nitriles is 1. The molecule has 0 aliphatic carbocycles. The molecule has 0 spiro atoms. The van der Waals surface area contributed by atoms with Gasteiger partial charge in [0.2, 0.25) is 0 Å². The van der Waals surface area contributed by atoms with Gasteiger partial charge in [-0.15, -0.1) is 0 Å². The van der Waals surface area contributed by atoms with Crippen LogP contribution in [0.3, 0.4) is 0 Å². The maximum absolute atomic E-state index is 8.44. The number of halogens is 1. The highest BCUT2D eigenvalue weighted by Crippen LogP contribution is 2.14. The molecule has 0 aliphatic heterocycles. The third-order valence-corrected chi connectivity index (χ3v) is 1.90. The van der Waals surface area contributed by atoms with Gasteiger partial charge in [0.25, 0.3) is 0 Å². The predicted octanol–water partition coefficient (Wildman–Crippen LogP) is 1.05. The van der Waals surface area contributed by atoms with E-state index in [1.165, 1.54) is 0 Å². The Morgan fingerprint density at radius 2 is 2.57 bits per heavy atom. The topological polar surface area (TPSA) is 76.9 Å². The van der Waals surface area contributed by atoms with Crippen molar-refractivity contribution in [3.8, 4) is 6.07 Å². The van der Waals surface area contributed by atoms with Crippen LogP contribution in [0.5, 0.6) is 0 Å². The summed E-state index contributed by atoms with van der Waals surface area (Å²) in [5.74, 6) is 0.306. The second-order valence-electron chi connectivity index (χ2n) is 2.77. The summed E-state index contributed by atoms with van der Waals surface area (Å²) in [6.07, 6.45) is 1.22. The van der Waals surface area contributed by atoms with Crippen molar-refractivity contribution in [3.63, 3.8) is 0 Å². The van der Waals surface area contributed by atoms with Crippen LogP contribution in [0.1, 0.15) is 6.92 Å². The third-order valence-electron chi connectivity index (χ3n) is 1.61. The molecule has 0 saturated heterocycles. The maximum atomic E-state index is 8.44. The smallest absolute Gasteiger partial charge is 0.164 e. The summed E-state index contributed by atoms with van der Waals surface area (Å²) in [7, 11) is 0. The van der Waals surface area contributed by atoms with Crippen molar-refractivity contribution in [2.75, 3.05) is 12.3 Å². The molecule has 0 fully saturated rings. The first-order valence-corrected chi connectivity index (χ1v) is 4.51. The normalized spacial score (nSPS) is 12.4. The second-order valence-corrected chi connectivity index (χ2v) is 3.17. The number of rotatable bonds is 4. The van der Waals surface area contributed by atoms with Crippen molar-refractivity contribution in [1.82, 2.24) is 9.78 Å². The van der Waals surface area contributed by atoms with Gasteiger partial charge in [-0.1, -0.05) is 11.6 Å². The van der Waals surface area contributed by atoms with E-state index in [2.05, 4.69) is 5.10 Å². The van der Waals surface area contributed by atoms with Crippen LogP contribution in [0.4, 0.5) is 5.82 Å². The lowest BCUT2D eigenvalue weighted by atomic mass is 10.5. The van der Waals surface area contributed by atoms with E-state index >= 15 is 0 Å². The van der Waals surface area contributed by atoms with Crippen LogP contribution in [-0.2, 0) is 11.3 Å². The Kier molecular flexibility index (Phi) is 3.74. The van der Waals surface area contributed by atoms with Gasteiger partial charge >= 0.3 is 0 Å². The van der Waals surface area contributed by atoms with Crippen molar-refractivity contribution in [1.29, 1.82) is 5.26 Å². The van der Waals surface area contributed by atoms with E-state index in [0.717, 1.165) is 0 Å². The summed E-state index contributed by atoms with van der Waals surface area (Å²) in [5.41, 5.74) is 5.44. The van der Waals surface area contributed by atoms with Crippen LogP contribution < -0.4 is 5.73 Å². The number of hydrogen-bond acceptors (Lipinski definition) is 4. The van der Waals surface area contributed by atoms with E-state index in [-0.39, 0.29) is 0 Å². The summed E-state index contributed by atoms with van der Waals surface area (Å²) in [5, 5.41) is 12.8. The number of hydrogen-bond donors (Lipinski definition) is 1. The molecule has 1 heterocycles. The first kappa shape index (κ1) is 10.8. The average Bonchev–Trinajstić information content (AvgIpc) is 2.46. The summed E-state index contributed by atoms with van der Waals surface area (Å²) in [6, 6.07) is 1.97. The maximum Gasteiger partial charge on any atom is 0.164 e. The number of anilines is 1. The number of nitrogens with zero attached hydrogens (tertiary/aromatic N) is 3. The molecule has 1 rings (SSSR count). The van der Waals surface area contributed by atoms with Gasteiger partial charge in [-0.2, -0.15) is 10.4 Å². The predicted molar refractivity (Wildman–Crippen MR) is 52.7 cm³/mol. The van der Waals surface area contributed by atoms with Crippen molar-refractivity contribution >= 4 is 17.4 Å². The molecular formula is C8H11ClN4O. The first-order valence-electron chi connectivity index (χ1n) is 4.13. The summed E-state index contributed by atoms with van der Waals surface area (Å²) < 4.78 is 6.72. The Hall–Kier alpha value is -1.25. The summed E-state index contributed by atoms with van der Waals surface area (Å²) >= 11 is 5.70. The monoisotopic (exact) mass is 214 g/mol. The molecule has 0 radical (unpaired) electrons. The van der Waals surface area contributed by atoms with Crippen LogP contribution in [0.2, 0.25) is 5.02 Å². The lowest BCUT2D eigenvalue weighted by Gasteiger charge is -2.04. The van der Waals surface area contributed by atoms with Crippen LogP contribution in [-0.4, -0.2) is 22.5 Å². The molecule has 0 saturated carbocycles. The molecule has 1 unspecified atom stereocenters. The highest BCUT2D eigenvalue weighted by molar-refractivity contribution is 6.32. The molecule has 1 aromatic heterocycles.